The molecule has 0 spiro atoms. The topological polar surface area (TPSA) is 74.6 Å². The van der Waals surface area contributed by atoms with Crippen LogP contribution in [0.2, 0.25) is 0 Å². The van der Waals surface area contributed by atoms with Gasteiger partial charge in [-0.15, -0.1) is 24.5 Å². The summed E-state index contributed by atoms with van der Waals surface area (Å²) in [6.07, 6.45) is 0.0461. The summed E-state index contributed by atoms with van der Waals surface area (Å²) >= 11 is 1.30. The van der Waals surface area contributed by atoms with Gasteiger partial charge in [-0.25, -0.2) is 10.3 Å². The van der Waals surface area contributed by atoms with Crippen LogP contribution >= 0.6 is 11.3 Å². The van der Waals surface area contributed by atoms with Gasteiger partial charge in [0.1, 0.15) is 11.4 Å². The zero-order valence-corrected chi connectivity index (χ0v) is 18.3. The fourth-order valence-electron chi connectivity index (χ4n) is 3.29. The molecule has 1 fully saturated rings. The molecule has 1 saturated heterocycles. The van der Waals surface area contributed by atoms with Crippen molar-refractivity contribution in [2.45, 2.75) is 44.9 Å². The summed E-state index contributed by atoms with van der Waals surface area (Å²) in [4.78, 5) is 19.0. The molecule has 0 saturated carbocycles. The normalized spacial score (nSPS) is 16.5. The number of amides is 1. The van der Waals surface area contributed by atoms with Crippen LogP contribution < -0.4 is 10.2 Å². The van der Waals surface area contributed by atoms with E-state index in [0.29, 0.717) is 24.4 Å². The van der Waals surface area contributed by atoms with Crippen molar-refractivity contribution in [2.24, 2.45) is 0 Å². The third-order valence-corrected chi connectivity index (χ3v) is 6.04. The van der Waals surface area contributed by atoms with Crippen LogP contribution in [0.3, 0.4) is 0 Å². The van der Waals surface area contributed by atoms with E-state index in [4.69, 9.17) is 9.57 Å². The summed E-state index contributed by atoms with van der Waals surface area (Å²) in [5.41, 5.74) is 4.03. The molecule has 1 N–H and O–H groups in total. The number of aromatic nitrogens is 2. The Labute approximate surface area is 192 Å². The second-order valence-electron chi connectivity index (χ2n) is 7.41. The van der Waals surface area contributed by atoms with Gasteiger partial charge >= 0.3 is 6.36 Å². The Morgan fingerprint density at radius 2 is 2.00 bits per heavy atom. The number of hydrogen-bond donors (Lipinski definition) is 1. The molecule has 3 aromatic rings. The third kappa shape index (κ3) is 6.80. The van der Waals surface area contributed by atoms with Gasteiger partial charge in [0.05, 0.1) is 9.75 Å². The lowest BCUT2D eigenvalue weighted by Crippen LogP contribution is -2.32. The number of nitrogens with one attached hydrogen (secondary N) is 1. The smallest absolute Gasteiger partial charge is 0.406 e. The van der Waals surface area contributed by atoms with Gasteiger partial charge in [0.2, 0.25) is 0 Å². The summed E-state index contributed by atoms with van der Waals surface area (Å²) in [5.74, 6) is -0.584. The number of carbonyl (C=O) groups is 1. The number of rotatable bonds is 8. The minimum absolute atomic E-state index is 0.248. The van der Waals surface area contributed by atoms with Crippen molar-refractivity contribution in [1.29, 1.82) is 0 Å². The fraction of sp³-hybridized carbons (Fsp3) is 0.364. The largest absolute Gasteiger partial charge is 0.573 e. The monoisotopic (exact) mass is 481 g/mol. The molecular weight excluding hydrogens is 459 g/mol. The van der Waals surface area contributed by atoms with Gasteiger partial charge in [0.15, 0.2) is 6.29 Å². The van der Waals surface area contributed by atoms with Crippen molar-refractivity contribution in [3.63, 3.8) is 0 Å². The average Bonchev–Trinajstić information content (AvgIpc) is 3.46. The van der Waals surface area contributed by atoms with Gasteiger partial charge in [-0.1, -0.05) is 12.1 Å². The molecule has 1 atom stereocenters. The lowest BCUT2D eigenvalue weighted by atomic mass is 10.1. The molecule has 176 valence electrons. The molecule has 0 radical (unpaired) electrons. The van der Waals surface area contributed by atoms with Crippen molar-refractivity contribution in [2.75, 3.05) is 6.61 Å². The van der Waals surface area contributed by atoms with E-state index < -0.39 is 12.7 Å². The first kappa shape index (κ1) is 23.3. The average molecular weight is 481 g/mol. The molecule has 0 bridgehead atoms. The molecule has 1 amide bonds. The molecular formula is C22H22F3N3O4S. The Balaban J connectivity index is 1.28. The van der Waals surface area contributed by atoms with Gasteiger partial charge < -0.3 is 9.47 Å². The molecule has 0 aliphatic carbocycles. The maximum absolute atomic E-state index is 12.3. The summed E-state index contributed by atoms with van der Waals surface area (Å²) < 4.78 is 47.8. The second kappa shape index (κ2) is 10.4. The van der Waals surface area contributed by atoms with Crippen molar-refractivity contribution in [1.82, 2.24) is 15.3 Å². The zero-order chi connectivity index (χ0) is 23.3. The number of halogens is 3. The minimum Gasteiger partial charge on any atom is -0.406 e. The molecule has 2 aromatic heterocycles. The molecule has 7 nitrogen and oxygen atoms in total. The van der Waals surface area contributed by atoms with Crippen LogP contribution in [-0.4, -0.2) is 34.9 Å². The maximum Gasteiger partial charge on any atom is 0.573 e. The summed E-state index contributed by atoms with van der Waals surface area (Å²) in [6, 6.07) is 11.2. The highest BCUT2D eigenvalue weighted by molar-refractivity contribution is 7.17. The number of nitrogens with zero attached hydrogens (tertiary/aromatic N) is 2. The summed E-state index contributed by atoms with van der Waals surface area (Å²) in [5, 5.41) is 4.52. The van der Waals surface area contributed by atoms with Gasteiger partial charge in [0, 0.05) is 25.8 Å². The molecule has 1 unspecified atom stereocenters. The number of benzene rings is 1. The highest BCUT2D eigenvalue weighted by atomic mass is 32.1. The first-order chi connectivity index (χ1) is 15.9. The number of ether oxygens (including phenoxy) is 2. The van der Waals surface area contributed by atoms with Crippen LogP contribution in [0.1, 0.15) is 34.5 Å². The van der Waals surface area contributed by atoms with Gasteiger partial charge in [-0.05, 0) is 55.2 Å². The standard InChI is InChI=1S/C22H22F3N3O4S/c23-22(24,25)31-16-6-4-15(5-7-16)10-12-28-13-11-17(26-28)18-8-9-19(33-18)21(29)27-32-20-3-1-2-14-30-20/h4-9,11,13,20H,1-3,10,12,14H2,(H,27,29). The maximum atomic E-state index is 12.3. The Morgan fingerprint density at radius 1 is 1.18 bits per heavy atom. The lowest BCUT2D eigenvalue weighted by molar-refractivity contribution is -0.274. The van der Waals surface area contributed by atoms with Gasteiger partial charge in [0.25, 0.3) is 5.91 Å². The summed E-state index contributed by atoms with van der Waals surface area (Å²) in [6.45, 7) is 1.18. The van der Waals surface area contributed by atoms with E-state index in [9.17, 15) is 18.0 Å². The van der Waals surface area contributed by atoms with Gasteiger partial charge in [-0.3, -0.25) is 9.48 Å². The Hall–Kier alpha value is -2.89. The number of aryl methyl sites for hydroxylation is 2. The van der Waals surface area contributed by atoms with E-state index in [1.54, 1.807) is 22.9 Å². The first-order valence-electron chi connectivity index (χ1n) is 10.4. The number of hydroxylamine groups is 1. The predicted octanol–water partition coefficient (Wildman–Crippen LogP) is 4.94. The Morgan fingerprint density at radius 3 is 2.73 bits per heavy atom. The lowest BCUT2D eigenvalue weighted by Gasteiger charge is -2.21. The van der Waals surface area contributed by atoms with E-state index in [2.05, 4.69) is 15.3 Å². The zero-order valence-electron chi connectivity index (χ0n) is 17.5. The van der Waals surface area contributed by atoms with Crippen molar-refractivity contribution in [3.05, 3.63) is 59.1 Å². The van der Waals surface area contributed by atoms with Gasteiger partial charge in [-0.2, -0.15) is 5.10 Å². The van der Waals surface area contributed by atoms with E-state index in [1.165, 1.54) is 23.5 Å². The van der Waals surface area contributed by atoms with E-state index in [1.807, 2.05) is 18.3 Å². The SMILES string of the molecule is O=C(NOC1CCCCO1)c1ccc(-c2ccn(CCc3ccc(OC(F)(F)F)cc3)n2)s1. The quantitative estimate of drug-likeness (QED) is 0.462. The van der Waals surface area contributed by atoms with Crippen molar-refractivity contribution >= 4 is 17.2 Å². The highest BCUT2D eigenvalue weighted by Crippen LogP contribution is 2.27. The molecule has 11 heteroatoms. The number of alkyl halides is 3. The van der Waals surface area contributed by atoms with Crippen LogP contribution in [0.25, 0.3) is 10.6 Å². The van der Waals surface area contributed by atoms with E-state index in [0.717, 1.165) is 35.4 Å². The van der Waals surface area contributed by atoms with Crippen LogP contribution in [0.5, 0.6) is 5.75 Å². The predicted molar refractivity (Wildman–Crippen MR) is 115 cm³/mol. The highest BCUT2D eigenvalue weighted by Gasteiger charge is 2.30. The Bertz CT molecular complexity index is 1060. The Kier molecular flexibility index (Phi) is 7.31. The molecule has 33 heavy (non-hydrogen) atoms. The van der Waals surface area contributed by atoms with E-state index in [-0.39, 0.29) is 11.7 Å². The van der Waals surface area contributed by atoms with Crippen LogP contribution in [0, 0.1) is 0 Å². The number of carbonyl (C=O) groups excluding carboxylic acids is 1. The van der Waals surface area contributed by atoms with Crippen molar-refractivity contribution < 1.29 is 32.3 Å². The molecule has 1 aliphatic rings. The first-order valence-corrected chi connectivity index (χ1v) is 11.2. The van der Waals surface area contributed by atoms with Crippen LogP contribution in [0.4, 0.5) is 13.2 Å². The number of thiophene rings is 1. The fourth-order valence-corrected chi connectivity index (χ4v) is 4.15. The molecule has 4 rings (SSSR count). The second-order valence-corrected chi connectivity index (χ2v) is 8.50. The van der Waals surface area contributed by atoms with Crippen molar-refractivity contribution in [3.8, 4) is 16.3 Å². The van der Waals surface area contributed by atoms with E-state index >= 15 is 0 Å². The van der Waals surface area contributed by atoms with Crippen LogP contribution in [-0.2, 0) is 22.5 Å². The molecule has 3 heterocycles. The summed E-state index contributed by atoms with van der Waals surface area (Å²) in [7, 11) is 0. The van der Waals surface area contributed by atoms with Crippen LogP contribution in [0.15, 0.2) is 48.7 Å². The third-order valence-electron chi connectivity index (χ3n) is 4.93. The number of hydrogen-bond acceptors (Lipinski definition) is 6. The molecule has 1 aliphatic heterocycles. The minimum atomic E-state index is -4.70. The molecule has 1 aromatic carbocycles.